The van der Waals surface area contributed by atoms with Crippen LogP contribution in [0, 0.1) is 12.8 Å². The number of hydrogen-bond acceptors (Lipinski definition) is 2. The second kappa shape index (κ2) is 5.17. The van der Waals surface area contributed by atoms with Gasteiger partial charge in [0.2, 0.25) is 0 Å². The highest BCUT2D eigenvalue weighted by molar-refractivity contribution is 6.16. The van der Waals surface area contributed by atoms with Gasteiger partial charge in [-0.15, -0.1) is 0 Å². The number of allylic oxidation sites excluding steroid dienone is 3. The van der Waals surface area contributed by atoms with Crippen molar-refractivity contribution in [1.29, 1.82) is 0 Å². The molecule has 1 aliphatic carbocycles. The second-order valence-electron chi connectivity index (χ2n) is 5.65. The minimum Gasteiger partial charge on any atom is -0.378 e. The van der Waals surface area contributed by atoms with Gasteiger partial charge >= 0.3 is 0 Å². The molecule has 0 N–H and O–H groups in total. The van der Waals surface area contributed by atoms with Gasteiger partial charge in [-0.25, -0.2) is 4.99 Å². The van der Waals surface area contributed by atoms with Crippen LogP contribution in [0.2, 0.25) is 0 Å². The standard InChI is InChI=1S/C18H18N2O/c1-12-5-4-6-14(9-12)17-10-13-7-8-15(20(2)3)11-16(13)18(21)19-17/h4-11,16H,1-3H3. The monoisotopic (exact) mass is 278 g/mol. The second-order valence-corrected chi connectivity index (χ2v) is 5.65. The molecule has 3 nitrogen and oxygen atoms in total. The van der Waals surface area contributed by atoms with Crippen LogP contribution in [0.25, 0.3) is 0 Å². The van der Waals surface area contributed by atoms with Crippen LogP contribution in [-0.4, -0.2) is 30.6 Å². The molecule has 1 amide bonds. The fourth-order valence-electron chi connectivity index (χ4n) is 2.59. The predicted molar refractivity (Wildman–Crippen MR) is 85.2 cm³/mol. The molecule has 1 atom stereocenters. The summed E-state index contributed by atoms with van der Waals surface area (Å²) >= 11 is 0. The zero-order valence-electron chi connectivity index (χ0n) is 12.5. The Kier molecular flexibility index (Phi) is 3.34. The molecule has 0 saturated carbocycles. The molecule has 1 aliphatic heterocycles. The van der Waals surface area contributed by atoms with Crippen LogP contribution in [0.3, 0.4) is 0 Å². The molecule has 21 heavy (non-hydrogen) atoms. The predicted octanol–water partition coefficient (Wildman–Crippen LogP) is 2.88. The smallest absolute Gasteiger partial charge is 0.257 e. The van der Waals surface area contributed by atoms with Gasteiger partial charge in [0.25, 0.3) is 5.91 Å². The van der Waals surface area contributed by atoms with Gasteiger partial charge < -0.3 is 4.90 Å². The number of hydrogen-bond donors (Lipinski definition) is 0. The van der Waals surface area contributed by atoms with E-state index < -0.39 is 0 Å². The van der Waals surface area contributed by atoms with Gasteiger partial charge in [-0.05, 0) is 36.8 Å². The third kappa shape index (κ3) is 2.59. The van der Waals surface area contributed by atoms with Crippen molar-refractivity contribution in [2.75, 3.05) is 14.1 Å². The van der Waals surface area contributed by atoms with Crippen LogP contribution in [-0.2, 0) is 4.79 Å². The third-order valence-electron chi connectivity index (χ3n) is 3.77. The SMILES string of the molecule is Cc1cccc(C2=NC(=O)C3C=C(N(C)C)C=CC3=C2)c1. The lowest BCUT2D eigenvalue weighted by Gasteiger charge is -2.24. The summed E-state index contributed by atoms with van der Waals surface area (Å²) in [5.41, 5.74) is 4.96. The Morgan fingerprint density at radius 1 is 1.19 bits per heavy atom. The first-order chi connectivity index (χ1) is 10.0. The topological polar surface area (TPSA) is 32.7 Å². The lowest BCUT2D eigenvalue weighted by atomic mass is 9.88. The normalized spacial score (nSPS) is 20.4. The Morgan fingerprint density at radius 2 is 2.00 bits per heavy atom. The first-order valence-corrected chi connectivity index (χ1v) is 7.03. The number of fused-ring (bicyclic) bond motifs is 1. The lowest BCUT2D eigenvalue weighted by molar-refractivity contribution is -0.119. The Labute approximate surface area is 125 Å². The van der Waals surface area contributed by atoms with E-state index in [9.17, 15) is 4.79 Å². The van der Waals surface area contributed by atoms with E-state index in [4.69, 9.17) is 0 Å². The molecule has 0 bridgehead atoms. The van der Waals surface area contributed by atoms with Gasteiger partial charge in [0.15, 0.2) is 0 Å². The van der Waals surface area contributed by atoms with Crippen molar-refractivity contribution in [2.45, 2.75) is 6.92 Å². The highest BCUT2D eigenvalue weighted by Crippen LogP contribution is 2.28. The summed E-state index contributed by atoms with van der Waals surface area (Å²) in [5.74, 6) is -0.339. The zero-order valence-corrected chi connectivity index (χ0v) is 12.5. The number of aryl methyl sites for hydroxylation is 1. The van der Waals surface area contributed by atoms with Crippen LogP contribution in [0.15, 0.2) is 64.8 Å². The van der Waals surface area contributed by atoms with Gasteiger partial charge in [-0.2, -0.15) is 0 Å². The maximum Gasteiger partial charge on any atom is 0.257 e. The molecular weight excluding hydrogens is 260 g/mol. The zero-order chi connectivity index (χ0) is 15.0. The summed E-state index contributed by atoms with van der Waals surface area (Å²) in [6.07, 6.45) is 8.04. The van der Waals surface area contributed by atoms with Crippen LogP contribution in [0.5, 0.6) is 0 Å². The van der Waals surface area contributed by atoms with E-state index in [0.29, 0.717) is 0 Å². The summed E-state index contributed by atoms with van der Waals surface area (Å²) in [6, 6.07) is 8.07. The average molecular weight is 278 g/mol. The molecule has 1 aromatic rings. The molecular formula is C18H18N2O. The van der Waals surface area contributed by atoms with Gasteiger partial charge in [0.05, 0.1) is 11.6 Å². The van der Waals surface area contributed by atoms with E-state index in [1.807, 2.05) is 68.4 Å². The van der Waals surface area contributed by atoms with Crippen LogP contribution in [0.1, 0.15) is 11.1 Å². The molecule has 2 aliphatic rings. The summed E-state index contributed by atoms with van der Waals surface area (Å²) in [5, 5.41) is 0. The first kappa shape index (κ1) is 13.6. The first-order valence-electron chi connectivity index (χ1n) is 7.03. The molecule has 0 saturated heterocycles. The van der Waals surface area contributed by atoms with Crippen molar-refractivity contribution in [3.63, 3.8) is 0 Å². The number of likely N-dealkylation sites (N-methyl/N-ethyl adjacent to an activating group) is 1. The van der Waals surface area contributed by atoms with Gasteiger partial charge in [0.1, 0.15) is 0 Å². The van der Waals surface area contributed by atoms with Crippen molar-refractivity contribution in [2.24, 2.45) is 10.9 Å². The number of dihydropyridines is 1. The molecule has 1 aromatic carbocycles. The summed E-state index contributed by atoms with van der Waals surface area (Å²) in [4.78, 5) is 18.6. The van der Waals surface area contributed by atoms with Crippen LogP contribution >= 0.6 is 0 Å². The van der Waals surface area contributed by atoms with E-state index in [1.165, 1.54) is 0 Å². The quantitative estimate of drug-likeness (QED) is 0.833. The Balaban J connectivity index is 1.98. The number of benzene rings is 1. The molecule has 3 rings (SSSR count). The summed E-state index contributed by atoms with van der Waals surface area (Å²) < 4.78 is 0. The molecule has 0 radical (unpaired) electrons. The Morgan fingerprint density at radius 3 is 2.71 bits per heavy atom. The van der Waals surface area contributed by atoms with E-state index in [2.05, 4.69) is 11.1 Å². The number of carbonyl (C=O) groups is 1. The number of amides is 1. The molecule has 0 fully saturated rings. The summed E-state index contributed by atoms with van der Waals surface area (Å²) in [7, 11) is 3.94. The van der Waals surface area contributed by atoms with E-state index in [0.717, 1.165) is 28.1 Å². The number of nitrogens with zero attached hydrogens (tertiary/aromatic N) is 2. The molecule has 0 aromatic heterocycles. The lowest BCUT2D eigenvalue weighted by Crippen LogP contribution is -2.24. The van der Waals surface area contributed by atoms with Gasteiger partial charge in [-0.1, -0.05) is 29.8 Å². The molecule has 106 valence electrons. The highest BCUT2D eigenvalue weighted by atomic mass is 16.1. The number of rotatable bonds is 2. The summed E-state index contributed by atoms with van der Waals surface area (Å²) in [6.45, 7) is 2.04. The average Bonchev–Trinajstić information content (AvgIpc) is 2.46. The van der Waals surface area contributed by atoms with E-state index in [1.54, 1.807) is 0 Å². The third-order valence-corrected chi connectivity index (χ3v) is 3.77. The molecule has 0 spiro atoms. The van der Waals surface area contributed by atoms with E-state index in [-0.39, 0.29) is 11.8 Å². The maximum atomic E-state index is 12.3. The number of aliphatic imine (C=N–C) groups is 1. The molecule has 3 heteroatoms. The van der Waals surface area contributed by atoms with Crippen molar-refractivity contribution in [3.8, 4) is 0 Å². The van der Waals surface area contributed by atoms with Crippen molar-refractivity contribution < 1.29 is 4.79 Å². The minimum absolute atomic E-state index is 0.0901. The highest BCUT2D eigenvalue weighted by Gasteiger charge is 2.27. The van der Waals surface area contributed by atoms with Crippen molar-refractivity contribution in [1.82, 2.24) is 4.90 Å². The maximum absolute atomic E-state index is 12.3. The van der Waals surface area contributed by atoms with Crippen LogP contribution in [0.4, 0.5) is 0 Å². The van der Waals surface area contributed by atoms with E-state index >= 15 is 0 Å². The van der Waals surface area contributed by atoms with Crippen LogP contribution < -0.4 is 0 Å². The largest absolute Gasteiger partial charge is 0.378 e. The molecule has 1 unspecified atom stereocenters. The van der Waals surface area contributed by atoms with Crippen molar-refractivity contribution >= 4 is 11.6 Å². The number of carbonyl (C=O) groups excluding carboxylic acids is 1. The van der Waals surface area contributed by atoms with Gasteiger partial charge in [-0.3, -0.25) is 4.79 Å². The fourth-order valence-corrected chi connectivity index (χ4v) is 2.59. The van der Waals surface area contributed by atoms with Gasteiger partial charge in [0, 0.05) is 25.4 Å². The fraction of sp³-hybridized carbons (Fsp3) is 0.222. The Hall–Kier alpha value is -2.42. The molecule has 1 heterocycles. The Bertz CT molecular complexity index is 720. The van der Waals surface area contributed by atoms with Crippen molar-refractivity contribution in [3.05, 3.63) is 71.0 Å². The minimum atomic E-state index is -0.249.